The number of rotatable bonds is 3. The molecule has 1 aliphatic heterocycles. The zero-order valence-electron chi connectivity index (χ0n) is 10.8. The maximum Gasteiger partial charge on any atom is 0.233 e. The summed E-state index contributed by atoms with van der Waals surface area (Å²) in [4.78, 5) is 16.5. The fourth-order valence-electron chi connectivity index (χ4n) is 1.82. The van der Waals surface area contributed by atoms with Crippen molar-refractivity contribution in [2.24, 2.45) is 4.99 Å². The summed E-state index contributed by atoms with van der Waals surface area (Å²) in [6, 6.07) is 8.61. The van der Waals surface area contributed by atoms with Gasteiger partial charge in [0, 0.05) is 11.8 Å². The predicted octanol–water partition coefficient (Wildman–Crippen LogP) is 3.32. The second-order valence-corrected chi connectivity index (χ2v) is 7.39. The van der Waals surface area contributed by atoms with Gasteiger partial charge in [-0.25, -0.2) is 4.99 Å². The molecule has 1 amide bonds. The minimum absolute atomic E-state index is 0.0721. The van der Waals surface area contributed by atoms with Crippen molar-refractivity contribution in [3.63, 3.8) is 0 Å². The SMILES string of the molecule is C[C@@H](SC1=Nc2ccccc2CS1)C(=O)NC1CC1. The summed E-state index contributed by atoms with van der Waals surface area (Å²) in [6.07, 6.45) is 2.26. The van der Waals surface area contributed by atoms with Crippen LogP contribution < -0.4 is 5.32 Å². The summed E-state index contributed by atoms with van der Waals surface area (Å²) in [5, 5.41) is 2.97. The molecule has 1 fully saturated rings. The lowest BCUT2D eigenvalue weighted by molar-refractivity contribution is -0.120. The third kappa shape index (κ3) is 3.34. The third-order valence-electron chi connectivity index (χ3n) is 3.13. The first kappa shape index (κ1) is 13.1. The average Bonchev–Trinajstić information content (AvgIpc) is 3.22. The van der Waals surface area contributed by atoms with E-state index in [1.165, 1.54) is 5.56 Å². The van der Waals surface area contributed by atoms with Crippen LogP contribution in [0.4, 0.5) is 5.69 Å². The van der Waals surface area contributed by atoms with Gasteiger partial charge in [0.1, 0.15) is 4.38 Å². The summed E-state index contributed by atoms with van der Waals surface area (Å²) < 4.78 is 0.997. The van der Waals surface area contributed by atoms with E-state index in [0.29, 0.717) is 6.04 Å². The molecule has 3 nitrogen and oxygen atoms in total. The predicted molar refractivity (Wildman–Crippen MR) is 83.0 cm³/mol. The highest BCUT2D eigenvalue weighted by Gasteiger charge is 2.27. The van der Waals surface area contributed by atoms with Crippen LogP contribution in [0.25, 0.3) is 0 Å². The van der Waals surface area contributed by atoms with Gasteiger partial charge in [-0.3, -0.25) is 4.79 Å². The lowest BCUT2D eigenvalue weighted by atomic mass is 10.2. The summed E-state index contributed by atoms with van der Waals surface area (Å²) in [7, 11) is 0. The van der Waals surface area contributed by atoms with Gasteiger partial charge in [0.25, 0.3) is 0 Å². The fourth-order valence-corrected chi connectivity index (χ4v) is 4.02. The lowest BCUT2D eigenvalue weighted by Gasteiger charge is -2.17. The Hall–Kier alpha value is -0.940. The molecule has 0 radical (unpaired) electrons. The molecule has 19 heavy (non-hydrogen) atoms. The number of nitrogens with one attached hydrogen (secondary N) is 1. The van der Waals surface area contributed by atoms with Crippen LogP contribution in [0.1, 0.15) is 25.3 Å². The van der Waals surface area contributed by atoms with Crippen LogP contribution in [-0.4, -0.2) is 21.6 Å². The Balaban J connectivity index is 1.63. The molecule has 0 saturated heterocycles. The molecule has 1 aromatic rings. The number of para-hydroxylation sites is 1. The summed E-state index contributed by atoms with van der Waals surface area (Å²) >= 11 is 3.28. The Morgan fingerprint density at radius 3 is 3.05 bits per heavy atom. The standard InChI is InChI=1S/C14H16N2OS2/c1-9(13(17)15-11-6-7-11)19-14-16-12-5-3-2-4-10(12)8-18-14/h2-5,9,11H,6-8H2,1H3,(H,15,17)/t9-/m1/s1. The van der Waals surface area contributed by atoms with Crippen molar-refractivity contribution in [2.75, 3.05) is 0 Å². The number of aliphatic imine (C=N–C) groups is 1. The van der Waals surface area contributed by atoms with E-state index < -0.39 is 0 Å². The molecule has 100 valence electrons. The van der Waals surface area contributed by atoms with Crippen LogP contribution in [-0.2, 0) is 10.5 Å². The molecule has 1 N–H and O–H groups in total. The van der Waals surface area contributed by atoms with Gasteiger partial charge in [-0.1, -0.05) is 41.7 Å². The van der Waals surface area contributed by atoms with Gasteiger partial charge in [0.2, 0.25) is 5.91 Å². The number of benzene rings is 1. The number of amides is 1. The summed E-state index contributed by atoms with van der Waals surface area (Å²) in [5.41, 5.74) is 2.31. The van der Waals surface area contributed by atoms with E-state index >= 15 is 0 Å². The summed E-state index contributed by atoms with van der Waals surface area (Å²) in [5.74, 6) is 1.08. The van der Waals surface area contributed by atoms with E-state index in [0.717, 1.165) is 28.7 Å². The molecular formula is C14H16N2OS2. The number of carbonyl (C=O) groups excluding carboxylic acids is 1. The monoisotopic (exact) mass is 292 g/mol. The van der Waals surface area contributed by atoms with E-state index in [1.807, 2.05) is 25.1 Å². The van der Waals surface area contributed by atoms with Gasteiger partial charge in [0.05, 0.1) is 10.9 Å². The second kappa shape index (κ2) is 5.59. The van der Waals surface area contributed by atoms with E-state index in [1.54, 1.807) is 23.5 Å². The van der Waals surface area contributed by atoms with Crippen LogP contribution in [0.15, 0.2) is 29.3 Å². The third-order valence-corrected chi connectivity index (χ3v) is 5.42. The second-order valence-electron chi connectivity index (χ2n) is 4.84. The first-order chi connectivity index (χ1) is 9.22. The van der Waals surface area contributed by atoms with Crippen molar-refractivity contribution >= 4 is 39.5 Å². The molecule has 1 atom stereocenters. The quantitative estimate of drug-likeness (QED) is 0.929. The molecule has 0 spiro atoms. The number of thioether (sulfide) groups is 2. The van der Waals surface area contributed by atoms with E-state index in [4.69, 9.17) is 0 Å². The molecular weight excluding hydrogens is 276 g/mol. The minimum Gasteiger partial charge on any atom is -0.352 e. The first-order valence-electron chi connectivity index (χ1n) is 6.49. The molecule has 1 heterocycles. The zero-order valence-corrected chi connectivity index (χ0v) is 12.4. The molecule has 1 aromatic carbocycles. The molecule has 0 unspecified atom stereocenters. The molecule has 1 aliphatic carbocycles. The number of fused-ring (bicyclic) bond motifs is 1. The van der Waals surface area contributed by atoms with E-state index in [9.17, 15) is 4.79 Å². The molecule has 2 aliphatic rings. The number of carbonyl (C=O) groups is 1. The Kier molecular flexibility index (Phi) is 3.84. The Morgan fingerprint density at radius 2 is 2.26 bits per heavy atom. The smallest absolute Gasteiger partial charge is 0.233 e. The van der Waals surface area contributed by atoms with Crippen molar-refractivity contribution in [3.8, 4) is 0 Å². The van der Waals surface area contributed by atoms with Crippen molar-refractivity contribution in [1.82, 2.24) is 5.32 Å². The van der Waals surface area contributed by atoms with Crippen molar-refractivity contribution in [1.29, 1.82) is 0 Å². The van der Waals surface area contributed by atoms with Crippen LogP contribution in [0, 0.1) is 0 Å². The maximum absolute atomic E-state index is 11.9. The largest absolute Gasteiger partial charge is 0.352 e. The highest BCUT2D eigenvalue weighted by molar-refractivity contribution is 8.39. The number of nitrogens with zero attached hydrogens (tertiary/aromatic N) is 1. The normalized spacial score (nSPS) is 19.3. The van der Waals surface area contributed by atoms with Crippen molar-refractivity contribution < 1.29 is 4.79 Å². The van der Waals surface area contributed by atoms with Gasteiger partial charge in [-0.15, -0.1) is 0 Å². The average molecular weight is 292 g/mol. The molecule has 3 rings (SSSR count). The number of hydrogen-bond acceptors (Lipinski definition) is 4. The molecule has 1 saturated carbocycles. The fraction of sp³-hybridized carbons (Fsp3) is 0.429. The summed E-state index contributed by atoms with van der Waals surface area (Å²) in [6.45, 7) is 1.95. The van der Waals surface area contributed by atoms with Gasteiger partial charge in [-0.05, 0) is 31.4 Å². The molecule has 0 aromatic heterocycles. The Morgan fingerprint density at radius 1 is 1.47 bits per heavy atom. The van der Waals surface area contributed by atoms with Gasteiger partial charge >= 0.3 is 0 Å². The Labute approximate surface area is 121 Å². The van der Waals surface area contributed by atoms with Crippen LogP contribution >= 0.6 is 23.5 Å². The van der Waals surface area contributed by atoms with Crippen molar-refractivity contribution in [2.45, 2.75) is 36.8 Å². The number of hydrogen-bond donors (Lipinski definition) is 1. The highest BCUT2D eigenvalue weighted by Crippen LogP contribution is 2.35. The molecule has 0 bridgehead atoms. The van der Waals surface area contributed by atoms with Crippen LogP contribution in [0.2, 0.25) is 0 Å². The Bertz CT molecular complexity index is 526. The lowest BCUT2D eigenvalue weighted by Crippen LogP contribution is -2.33. The van der Waals surface area contributed by atoms with Gasteiger partial charge < -0.3 is 5.32 Å². The molecule has 5 heteroatoms. The topological polar surface area (TPSA) is 41.5 Å². The van der Waals surface area contributed by atoms with E-state index in [2.05, 4.69) is 16.4 Å². The maximum atomic E-state index is 11.9. The first-order valence-corrected chi connectivity index (χ1v) is 8.35. The van der Waals surface area contributed by atoms with Crippen molar-refractivity contribution in [3.05, 3.63) is 29.8 Å². The zero-order chi connectivity index (χ0) is 13.2. The minimum atomic E-state index is -0.0721. The van der Waals surface area contributed by atoms with Gasteiger partial charge in [-0.2, -0.15) is 0 Å². The van der Waals surface area contributed by atoms with Crippen LogP contribution in [0.3, 0.4) is 0 Å². The highest BCUT2D eigenvalue weighted by atomic mass is 32.2. The van der Waals surface area contributed by atoms with Crippen LogP contribution in [0.5, 0.6) is 0 Å². The van der Waals surface area contributed by atoms with Gasteiger partial charge in [0.15, 0.2) is 0 Å². The van der Waals surface area contributed by atoms with E-state index in [-0.39, 0.29) is 11.2 Å².